The van der Waals surface area contributed by atoms with Crippen LogP contribution in [0, 0.1) is 0 Å². The van der Waals surface area contributed by atoms with E-state index in [4.69, 9.17) is 16.3 Å². The highest BCUT2D eigenvalue weighted by Gasteiger charge is 2.13. The van der Waals surface area contributed by atoms with Crippen molar-refractivity contribution in [2.24, 2.45) is 0 Å². The zero-order valence-corrected chi connectivity index (χ0v) is 15.6. The molecule has 5 heteroatoms. The first-order valence-corrected chi connectivity index (χ1v) is 8.90. The number of amides is 1. The third-order valence-electron chi connectivity index (χ3n) is 4.29. The van der Waals surface area contributed by atoms with Gasteiger partial charge < -0.3 is 15.2 Å². The van der Waals surface area contributed by atoms with E-state index in [1.54, 1.807) is 19.3 Å². The Morgan fingerprint density at radius 3 is 2.67 bits per heavy atom. The molecule has 4 nitrogen and oxygen atoms in total. The average molecular weight is 382 g/mol. The van der Waals surface area contributed by atoms with E-state index in [-0.39, 0.29) is 12.5 Å². The van der Waals surface area contributed by atoms with Crippen molar-refractivity contribution in [3.05, 3.63) is 82.9 Å². The Morgan fingerprint density at radius 1 is 1.15 bits per heavy atom. The molecule has 27 heavy (non-hydrogen) atoms. The molecule has 0 aliphatic carbocycles. The molecule has 3 aromatic carbocycles. The van der Waals surface area contributed by atoms with E-state index in [0.29, 0.717) is 5.02 Å². The molecule has 0 saturated heterocycles. The van der Waals surface area contributed by atoms with Gasteiger partial charge in [0, 0.05) is 11.1 Å². The fourth-order valence-corrected chi connectivity index (χ4v) is 3.02. The minimum atomic E-state index is -0.510. The van der Waals surface area contributed by atoms with Crippen LogP contribution in [0.15, 0.2) is 66.7 Å². The van der Waals surface area contributed by atoms with Gasteiger partial charge in [0.05, 0.1) is 19.8 Å². The van der Waals surface area contributed by atoms with E-state index < -0.39 is 6.04 Å². The lowest BCUT2D eigenvalue weighted by atomic mass is 10.0. The summed E-state index contributed by atoms with van der Waals surface area (Å²) in [6.45, 7) is -0.207. The molecule has 0 bridgehead atoms. The number of nitrogens with one attached hydrogen (secondary N) is 1. The van der Waals surface area contributed by atoms with Gasteiger partial charge in [-0.05, 0) is 52.2 Å². The first kappa shape index (κ1) is 19.0. The highest BCUT2D eigenvalue weighted by Crippen LogP contribution is 2.24. The maximum atomic E-state index is 12.3. The van der Waals surface area contributed by atoms with Crippen molar-refractivity contribution in [3.8, 4) is 5.75 Å². The molecular formula is C22H20ClNO3. The number of hydrogen-bond acceptors (Lipinski definition) is 3. The summed E-state index contributed by atoms with van der Waals surface area (Å²) in [4.78, 5) is 12.3. The number of hydrogen-bond donors (Lipinski definition) is 2. The number of halogens is 1. The van der Waals surface area contributed by atoms with Gasteiger partial charge >= 0.3 is 0 Å². The maximum Gasteiger partial charge on any atom is 0.244 e. The first-order valence-electron chi connectivity index (χ1n) is 8.52. The molecule has 0 radical (unpaired) electrons. The van der Waals surface area contributed by atoms with Gasteiger partial charge in [-0.15, -0.1) is 0 Å². The molecule has 0 aliphatic heterocycles. The monoisotopic (exact) mass is 381 g/mol. The first-order chi connectivity index (χ1) is 13.1. The smallest absolute Gasteiger partial charge is 0.244 e. The van der Waals surface area contributed by atoms with Crippen LogP contribution < -0.4 is 10.1 Å². The molecule has 0 heterocycles. The molecule has 0 saturated carbocycles. The van der Waals surface area contributed by atoms with Crippen LogP contribution in [0.1, 0.15) is 17.2 Å². The fourth-order valence-electron chi connectivity index (χ4n) is 2.82. The summed E-state index contributed by atoms with van der Waals surface area (Å²) in [5.74, 6) is 0.451. The van der Waals surface area contributed by atoms with E-state index >= 15 is 0 Å². The van der Waals surface area contributed by atoms with Gasteiger partial charge in [0.15, 0.2) is 0 Å². The van der Waals surface area contributed by atoms with Gasteiger partial charge in [0.25, 0.3) is 0 Å². The highest BCUT2D eigenvalue weighted by atomic mass is 35.5. The van der Waals surface area contributed by atoms with Crippen LogP contribution in [0.3, 0.4) is 0 Å². The summed E-state index contributed by atoms with van der Waals surface area (Å²) in [5, 5.41) is 15.2. The van der Waals surface area contributed by atoms with Crippen molar-refractivity contribution in [2.75, 3.05) is 13.7 Å². The number of fused-ring (bicyclic) bond motifs is 1. The molecule has 0 fully saturated rings. The standard InChI is InChI=1S/C22H20ClNO3/c1-27-19-10-8-15-6-7-17(12-18(15)13-19)21(14-25)24-22(26)11-9-16-4-2-3-5-20(16)23/h2-13,21,25H,14H2,1H3,(H,24,26)/t21-/m0/s1. The Labute approximate surface area is 163 Å². The van der Waals surface area contributed by atoms with Crippen molar-refractivity contribution in [1.29, 1.82) is 0 Å². The number of ether oxygens (including phenoxy) is 1. The van der Waals surface area contributed by atoms with Crippen molar-refractivity contribution in [3.63, 3.8) is 0 Å². The van der Waals surface area contributed by atoms with Gasteiger partial charge in [-0.3, -0.25) is 4.79 Å². The molecule has 3 aromatic rings. The highest BCUT2D eigenvalue weighted by molar-refractivity contribution is 6.32. The molecule has 138 valence electrons. The molecule has 0 aromatic heterocycles. The van der Waals surface area contributed by atoms with Crippen molar-refractivity contribution in [1.82, 2.24) is 5.32 Å². The summed E-state index contributed by atoms with van der Waals surface area (Å²) in [6, 6.07) is 18.3. The van der Waals surface area contributed by atoms with Crippen molar-refractivity contribution >= 4 is 34.4 Å². The van der Waals surface area contributed by atoms with E-state index in [0.717, 1.165) is 27.6 Å². The van der Waals surface area contributed by atoms with Crippen LogP contribution in [0.4, 0.5) is 0 Å². The summed E-state index contributed by atoms with van der Waals surface area (Å²) in [5.41, 5.74) is 1.57. The SMILES string of the molecule is COc1ccc2ccc([C@H](CO)NC(=O)C=Cc3ccccc3Cl)cc2c1. The van der Waals surface area contributed by atoms with E-state index in [1.165, 1.54) is 6.08 Å². The minimum absolute atomic E-state index is 0.207. The molecule has 0 unspecified atom stereocenters. The van der Waals surface area contributed by atoms with Gasteiger partial charge in [0.1, 0.15) is 5.75 Å². The van der Waals surface area contributed by atoms with E-state index in [1.807, 2.05) is 54.6 Å². The third kappa shape index (κ3) is 4.67. The summed E-state index contributed by atoms with van der Waals surface area (Å²) >= 11 is 6.08. The van der Waals surface area contributed by atoms with Crippen LogP contribution in [0.2, 0.25) is 5.02 Å². The Balaban J connectivity index is 1.77. The third-order valence-corrected chi connectivity index (χ3v) is 4.64. The summed E-state index contributed by atoms with van der Waals surface area (Å²) < 4.78 is 5.26. The van der Waals surface area contributed by atoms with E-state index in [9.17, 15) is 9.90 Å². The van der Waals surface area contributed by atoms with Crippen molar-refractivity contribution < 1.29 is 14.6 Å². The second-order valence-electron chi connectivity index (χ2n) is 6.07. The zero-order chi connectivity index (χ0) is 19.2. The number of aliphatic hydroxyl groups is 1. The molecule has 2 N–H and O–H groups in total. The number of carbonyl (C=O) groups excluding carboxylic acids is 1. The van der Waals surface area contributed by atoms with E-state index in [2.05, 4.69) is 5.32 Å². The largest absolute Gasteiger partial charge is 0.497 e. The number of carbonyl (C=O) groups is 1. The zero-order valence-electron chi connectivity index (χ0n) is 14.9. The number of rotatable bonds is 6. The predicted octanol–water partition coefficient (Wildman–Crippen LogP) is 4.36. The Bertz CT molecular complexity index is 984. The molecule has 0 aliphatic rings. The van der Waals surface area contributed by atoms with Crippen LogP contribution in [0.5, 0.6) is 5.75 Å². The van der Waals surface area contributed by atoms with Crippen LogP contribution >= 0.6 is 11.6 Å². The number of benzene rings is 3. The van der Waals surface area contributed by atoms with Crippen LogP contribution in [-0.4, -0.2) is 24.7 Å². The minimum Gasteiger partial charge on any atom is -0.497 e. The van der Waals surface area contributed by atoms with Gasteiger partial charge in [0.2, 0.25) is 5.91 Å². The second kappa shape index (κ2) is 8.71. The van der Waals surface area contributed by atoms with Crippen molar-refractivity contribution in [2.45, 2.75) is 6.04 Å². The predicted molar refractivity (Wildman–Crippen MR) is 109 cm³/mol. The van der Waals surface area contributed by atoms with Crippen LogP contribution in [-0.2, 0) is 4.79 Å². The average Bonchev–Trinajstić information content (AvgIpc) is 2.70. The lowest BCUT2D eigenvalue weighted by Crippen LogP contribution is -2.29. The Hall–Kier alpha value is -2.82. The van der Waals surface area contributed by atoms with Crippen LogP contribution in [0.25, 0.3) is 16.8 Å². The number of methoxy groups -OCH3 is 1. The molecule has 0 spiro atoms. The van der Waals surface area contributed by atoms with Gasteiger partial charge in [-0.2, -0.15) is 0 Å². The normalized spacial score (nSPS) is 12.3. The summed E-state index contributed by atoms with van der Waals surface area (Å²) in [7, 11) is 1.62. The molecule has 3 rings (SSSR count). The Morgan fingerprint density at radius 2 is 1.93 bits per heavy atom. The lowest BCUT2D eigenvalue weighted by molar-refractivity contribution is -0.117. The second-order valence-corrected chi connectivity index (χ2v) is 6.48. The molecule has 1 amide bonds. The molecular weight excluding hydrogens is 362 g/mol. The molecule has 1 atom stereocenters. The van der Waals surface area contributed by atoms with Gasteiger partial charge in [-0.1, -0.05) is 48.0 Å². The topological polar surface area (TPSA) is 58.6 Å². The Kier molecular flexibility index (Phi) is 6.12. The quantitative estimate of drug-likeness (QED) is 0.623. The maximum absolute atomic E-state index is 12.3. The fraction of sp³-hybridized carbons (Fsp3) is 0.136. The van der Waals surface area contributed by atoms with Gasteiger partial charge in [-0.25, -0.2) is 0 Å². The number of aliphatic hydroxyl groups excluding tert-OH is 1. The summed E-state index contributed by atoms with van der Waals surface area (Å²) in [6.07, 6.45) is 3.06. The lowest BCUT2D eigenvalue weighted by Gasteiger charge is -2.16.